The molecule has 4 nitrogen and oxygen atoms in total. The molecule has 19 heavy (non-hydrogen) atoms. The number of amides is 1. The summed E-state index contributed by atoms with van der Waals surface area (Å²) in [6.07, 6.45) is 1.92. The maximum atomic E-state index is 12.3. The smallest absolute Gasteiger partial charge is 0.410 e. The zero-order chi connectivity index (χ0) is 14.8. The van der Waals surface area contributed by atoms with E-state index < -0.39 is 5.60 Å². The summed E-state index contributed by atoms with van der Waals surface area (Å²) in [6, 6.07) is 0. The lowest BCUT2D eigenvalue weighted by Crippen LogP contribution is -2.55. The highest BCUT2D eigenvalue weighted by Crippen LogP contribution is 2.32. The van der Waals surface area contributed by atoms with E-state index in [0.717, 1.165) is 12.8 Å². The Bertz CT molecular complexity index is 355. The standard InChI is InChI=1S/C15H27NO3/c1-7-12(17)11-8-9-15(5,6)16(10-11)13(18)19-14(2,3)4/h11H,7-10H2,1-6H3. The summed E-state index contributed by atoms with van der Waals surface area (Å²) >= 11 is 0. The second-order valence-electron chi connectivity index (χ2n) is 6.96. The van der Waals surface area contributed by atoms with E-state index in [4.69, 9.17) is 4.74 Å². The van der Waals surface area contributed by atoms with Crippen LogP contribution in [0.1, 0.15) is 60.8 Å². The van der Waals surface area contributed by atoms with E-state index in [9.17, 15) is 9.59 Å². The predicted molar refractivity (Wildman–Crippen MR) is 75.0 cm³/mol. The first-order chi connectivity index (χ1) is 8.57. The van der Waals surface area contributed by atoms with Gasteiger partial charge in [-0.25, -0.2) is 4.79 Å². The van der Waals surface area contributed by atoms with Gasteiger partial charge in [-0.2, -0.15) is 0 Å². The average Bonchev–Trinajstić information content (AvgIpc) is 2.25. The molecule has 0 saturated carbocycles. The molecule has 1 atom stereocenters. The van der Waals surface area contributed by atoms with E-state index in [2.05, 4.69) is 0 Å². The van der Waals surface area contributed by atoms with Crippen molar-refractivity contribution in [1.82, 2.24) is 4.90 Å². The molecule has 0 radical (unpaired) electrons. The largest absolute Gasteiger partial charge is 0.444 e. The summed E-state index contributed by atoms with van der Waals surface area (Å²) in [6.45, 7) is 12.0. The highest BCUT2D eigenvalue weighted by Gasteiger charge is 2.40. The Balaban J connectivity index is 2.81. The molecule has 0 N–H and O–H groups in total. The Labute approximate surface area is 116 Å². The highest BCUT2D eigenvalue weighted by molar-refractivity contribution is 5.82. The first kappa shape index (κ1) is 16.0. The Hall–Kier alpha value is -1.06. The van der Waals surface area contributed by atoms with E-state index in [1.54, 1.807) is 4.90 Å². The molecule has 0 aromatic rings. The Morgan fingerprint density at radius 3 is 2.37 bits per heavy atom. The summed E-state index contributed by atoms with van der Waals surface area (Å²) in [5.41, 5.74) is -0.748. The van der Waals surface area contributed by atoms with Gasteiger partial charge in [0.15, 0.2) is 0 Å². The van der Waals surface area contributed by atoms with Crippen molar-refractivity contribution < 1.29 is 14.3 Å². The van der Waals surface area contributed by atoms with Crippen molar-refractivity contribution in [3.05, 3.63) is 0 Å². The van der Waals surface area contributed by atoms with E-state index >= 15 is 0 Å². The zero-order valence-electron chi connectivity index (χ0n) is 13.1. The fourth-order valence-corrected chi connectivity index (χ4v) is 2.41. The van der Waals surface area contributed by atoms with Crippen LogP contribution in [-0.4, -0.2) is 34.5 Å². The lowest BCUT2D eigenvalue weighted by Gasteiger charge is -2.45. The Kier molecular flexibility index (Phi) is 4.64. The number of hydrogen-bond acceptors (Lipinski definition) is 3. The minimum absolute atomic E-state index is 0.0365. The molecule has 1 rings (SSSR count). The van der Waals surface area contributed by atoms with E-state index in [1.165, 1.54) is 0 Å². The van der Waals surface area contributed by atoms with Crippen LogP contribution in [0.2, 0.25) is 0 Å². The summed E-state index contributed by atoms with van der Waals surface area (Å²) in [4.78, 5) is 25.9. The van der Waals surface area contributed by atoms with Crippen LogP contribution < -0.4 is 0 Å². The van der Waals surface area contributed by atoms with Gasteiger partial charge < -0.3 is 9.64 Å². The van der Waals surface area contributed by atoms with Crippen LogP contribution in [0.5, 0.6) is 0 Å². The molecular weight excluding hydrogens is 242 g/mol. The van der Waals surface area contributed by atoms with E-state index in [1.807, 2.05) is 41.5 Å². The number of carbonyl (C=O) groups excluding carboxylic acids is 2. The van der Waals surface area contributed by atoms with Crippen LogP contribution in [0, 0.1) is 5.92 Å². The number of ketones is 1. The fourth-order valence-electron chi connectivity index (χ4n) is 2.41. The number of ether oxygens (including phenoxy) is 1. The van der Waals surface area contributed by atoms with Gasteiger partial charge in [-0.1, -0.05) is 6.92 Å². The van der Waals surface area contributed by atoms with Crippen molar-refractivity contribution in [2.45, 2.75) is 71.9 Å². The molecular formula is C15H27NO3. The Morgan fingerprint density at radius 2 is 1.89 bits per heavy atom. The molecule has 0 spiro atoms. The van der Waals surface area contributed by atoms with Gasteiger partial charge in [-0.05, 0) is 47.5 Å². The van der Waals surface area contributed by atoms with Crippen molar-refractivity contribution in [3.63, 3.8) is 0 Å². The molecule has 4 heteroatoms. The Morgan fingerprint density at radius 1 is 1.32 bits per heavy atom. The lowest BCUT2D eigenvalue weighted by atomic mass is 9.82. The first-order valence-corrected chi connectivity index (χ1v) is 7.10. The first-order valence-electron chi connectivity index (χ1n) is 7.10. The molecule has 0 aliphatic carbocycles. The molecule has 1 aliphatic heterocycles. The van der Waals surface area contributed by atoms with Crippen molar-refractivity contribution >= 4 is 11.9 Å². The zero-order valence-corrected chi connectivity index (χ0v) is 13.1. The monoisotopic (exact) mass is 269 g/mol. The minimum Gasteiger partial charge on any atom is -0.444 e. The molecule has 0 aromatic heterocycles. The van der Waals surface area contributed by atoms with Gasteiger partial charge in [0.2, 0.25) is 0 Å². The van der Waals surface area contributed by atoms with Crippen LogP contribution in [0.25, 0.3) is 0 Å². The number of nitrogens with zero attached hydrogens (tertiary/aromatic N) is 1. The van der Waals surface area contributed by atoms with Crippen LogP contribution in [0.15, 0.2) is 0 Å². The minimum atomic E-state index is -0.505. The number of Topliss-reactive ketones (excluding diaryl/α,β-unsaturated/α-hetero) is 1. The predicted octanol–water partition coefficient (Wildman–Crippen LogP) is 3.39. The van der Waals surface area contributed by atoms with Crippen molar-refractivity contribution in [3.8, 4) is 0 Å². The third-order valence-corrected chi connectivity index (χ3v) is 3.66. The van der Waals surface area contributed by atoms with Crippen molar-refractivity contribution in [2.24, 2.45) is 5.92 Å². The molecule has 1 aliphatic rings. The number of hydrogen-bond donors (Lipinski definition) is 0. The molecule has 0 bridgehead atoms. The average molecular weight is 269 g/mol. The SMILES string of the molecule is CCC(=O)C1CCC(C)(C)N(C(=O)OC(C)(C)C)C1. The molecule has 1 saturated heterocycles. The third-order valence-electron chi connectivity index (χ3n) is 3.66. The molecule has 0 aromatic carbocycles. The third kappa shape index (κ3) is 4.22. The number of carbonyl (C=O) groups is 2. The maximum absolute atomic E-state index is 12.3. The molecule has 1 heterocycles. The number of rotatable bonds is 2. The van der Waals surface area contributed by atoms with E-state index in [-0.39, 0.29) is 23.3 Å². The van der Waals surface area contributed by atoms with Crippen molar-refractivity contribution in [1.29, 1.82) is 0 Å². The summed E-state index contributed by atoms with van der Waals surface area (Å²) in [5.74, 6) is 0.203. The van der Waals surface area contributed by atoms with Gasteiger partial charge in [-0.3, -0.25) is 4.79 Å². The van der Waals surface area contributed by atoms with Crippen LogP contribution >= 0.6 is 0 Å². The maximum Gasteiger partial charge on any atom is 0.410 e. The number of likely N-dealkylation sites (tertiary alicyclic amines) is 1. The lowest BCUT2D eigenvalue weighted by molar-refractivity contribution is -0.125. The summed E-state index contributed by atoms with van der Waals surface area (Å²) in [7, 11) is 0. The molecule has 1 unspecified atom stereocenters. The highest BCUT2D eigenvalue weighted by atomic mass is 16.6. The number of piperidine rings is 1. The molecule has 1 fully saturated rings. The fraction of sp³-hybridized carbons (Fsp3) is 0.867. The second-order valence-corrected chi connectivity index (χ2v) is 6.96. The van der Waals surface area contributed by atoms with Crippen LogP contribution in [0.4, 0.5) is 4.79 Å². The van der Waals surface area contributed by atoms with Gasteiger partial charge in [0.05, 0.1) is 0 Å². The van der Waals surface area contributed by atoms with Crippen molar-refractivity contribution in [2.75, 3.05) is 6.54 Å². The summed E-state index contributed by atoms with van der Waals surface area (Å²) < 4.78 is 5.45. The molecule has 1 amide bonds. The topological polar surface area (TPSA) is 46.6 Å². The van der Waals surface area contributed by atoms with Gasteiger partial charge in [0, 0.05) is 24.4 Å². The van der Waals surface area contributed by atoms with Crippen LogP contribution in [-0.2, 0) is 9.53 Å². The van der Waals surface area contributed by atoms with Gasteiger partial charge in [-0.15, -0.1) is 0 Å². The second kappa shape index (κ2) is 5.51. The molecule has 110 valence electrons. The normalized spacial score (nSPS) is 23.1. The quantitative estimate of drug-likeness (QED) is 0.772. The summed E-state index contributed by atoms with van der Waals surface area (Å²) in [5, 5.41) is 0. The van der Waals surface area contributed by atoms with Gasteiger partial charge in [0.25, 0.3) is 0 Å². The van der Waals surface area contributed by atoms with Gasteiger partial charge >= 0.3 is 6.09 Å². The van der Waals surface area contributed by atoms with Crippen LogP contribution in [0.3, 0.4) is 0 Å². The van der Waals surface area contributed by atoms with E-state index in [0.29, 0.717) is 13.0 Å². The van der Waals surface area contributed by atoms with Gasteiger partial charge in [0.1, 0.15) is 11.4 Å².